The third kappa shape index (κ3) is 3.56. The van der Waals surface area contributed by atoms with E-state index in [0.29, 0.717) is 25.2 Å². The smallest absolute Gasteiger partial charge is 0.257 e. The summed E-state index contributed by atoms with van der Waals surface area (Å²) in [5.74, 6) is 0.887. The van der Waals surface area contributed by atoms with E-state index in [1.807, 2.05) is 29.3 Å². The number of piperazine rings is 1. The Labute approximate surface area is 151 Å². The Balaban J connectivity index is 1.37. The van der Waals surface area contributed by atoms with Gasteiger partial charge in [0.05, 0.1) is 24.5 Å². The molecule has 132 valence electrons. The summed E-state index contributed by atoms with van der Waals surface area (Å²) in [5, 5.41) is 4.33. The fourth-order valence-electron chi connectivity index (χ4n) is 3.11. The Morgan fingerprint density at radius 2 is 1.81 bits per heavy atom. The highest BCUT2D eigenvalue weighted by molar-refractivity contribution is 5.93. The van der Waals surface area contributed by atoms with Crippen LogP contribution in [0.25, 0.3) is 0 Å². The van der Waals surface area contributed by atoms with Gasteiger partial charge in [0.15, 0.2) is 0 Å². The highest BCUT2D eigenvalue weighted by Crippen LogP contribution is 2.14. The highest BCUT2D eigenvalue weighted by atomic mass is 16.2. The molecule has 1 amide bonds. The minimum Gasteiger partial charge on any atom is -0.352 e. The monoisotopic (exact) mass is 348 g/mol. The van der Waals surface area contributed by atoms with Gasteiger partial charge in [0.25, 0.3) is 5.91 Å². The first kappa shape index (κ1) is 16.3. The van der Waals surface area contributed by atoms with Gasteiger partial charge in [-0.2, -0.15) is 5.10 Å². The van der Waals surface area contributed by atoms with E-state index in [4.69, 9.17) is 0 Å². The summed E-state index contributed by atoms with van der Waals surface area (Å²) in [7, 11) is 0. The van der Waals surface area contributed by atoms with Crippen LogP contribution in [0.4, 0.5) is 5.82 Å². The third-order valence-electron chi connectivity index (χ3n) is 4.51. The number of amides is 1. The molecule has 7 nitrogen and oxygen atoms in total. The summed E-state index contributed by atoms with van der Waals surface area (Å²) in [5.41, 5.74) is 1.79. The molecule has 3 aromatic rings. The number of hydrogen-bond acceptors (Lipinski definition) is 5. The van der Waals surface area contributed by atoms with Crippen LogP contribution in [0.5, 0.6) is 0 Å². The summed E-state index contributed by atoms with van der Waals surface area (Å²) in [6, 6.07) is 10.1. The first-order valence-corrected chi connectivity index (χ1v) is 8.66. The molecule has 1 fully saturated rings. The molecule has 0 aliphatic carbocycles. The second kappa shape index (κ2) is 7.35. The lowest BCUT2D eigenvalue weighted by atomic mass is 10.2. The Bertz CT molecular complexity index is 856. The maximum absolute atomic E-state index is 12.7. The van der Waals surface area contributed by atoms with Gasteiger partial charge in [0.1, 0.15) is 5.82 Å². The maximum atomic E-state index is 12.7. The standard InChI is InChI=1S/C19H20N6O/c26-19(17-12-22-25(15-17)14-16-4-2-1-3-5-16)24-10-8-23(9-11-24)18-13-20-6-7-21-18/h1-7,12-13,15H,8-11,14H2. The average Bonchev–Trinajstić information content (AvgIpc) is 3.17. The zero-order valence-corrected chi connectivity index (χ0v) is 14.4. The number of benzene rings is 1. The van der Waals surface area contributed by atoms with Crippen LogP contribution in [-0.4, -0.2) is 56.7 Å². The SMILES string of the molecule is O=C(c1cnn(Cc2ccccc2)c1)N1CCN(c2cnccn2)CC1. The van der Waals surface area contributed by atoms with Crippen LogP contribution in [0.3, 0.4) is 0 Å². The molecule has 0 unspecified atom stereocenters. The van der Waals surface area contributed by atoms with Gasteiger partial charge in [-0.15, -0.1) is 0 Å². The van der Waals surface area contributed by atoms with Crippen LogP contribution in [0.1, 0.15) is 15.9 Å². The first-order valence-electron chi connectivity index (χ1n) is 8.66. The molecule has 26 heavy (non-hydrogen) atoms. The predicted octanol–water partition coefficient (Wildman–Crippen LogP) is 1.68. The number of aromatic nitrogens is 4. The van der Waals surface area contributed by atoms with E-state index in [-0.39, 0.29) is 5.91 Å². The van der Waals surface area contributed by atoms with Gasteiger partial charge < -0.3 is 9.80 Å². The molecule has 0 atom stereocenters. The topological polar surface area (TPSA) is 67.2 Å². The maximum Gasteiger partial charge on any atom is 0.257 e. The van der Waals surface area contributed by atoms with Crippen LogP contribution in [0, 0.1) is 0 Å². The number of carbonyl (C=O) groups excluding carboxylic acids is 1. The van der Waals surface area contributed by atoms with Gasteiger partial charge in [0, 0.05) is 44.8 Å². The number of nitrogens with zero attached hydrogens (tertiary/aromatic N) is 6. The van der Waals surface area contributed by atoms with Gasteiger partial charge >= 0.3 is 0 Å². The summed E-state index contributed by atoms with van der Waals surface area (Å²) in [4.78, 5) is 25.2. The summed E-state index contributed by atoms with van der Waals surface area (Å²) < 4.78 is 1.80. The fraction of sp³-hybridized carbons (Fsp3) is 0.263. The second-order valence-electron chi connectivity index (χ2n) is 6.26. The summed E-state index contributed by atoms with van der Waals surface area (Å²) in [6.45, 7) is 3.50. The number of anilines is 1. The first-order chi connectivity index (χ1) is 12.8. The van der Waals surface area contributed by atoms with Crippen LogP contribution in [0.2, 0.25) is 0 Å². The zero-order chi connectivity index (χ0) is 17.8. The van der Waals surface area contributed by atoms with Crippen molar-refractivity contribution in [2.45, 2.75) is 6.54 Å². The molecule has 1 aromatic carbocycles. The molecule has 1 saturated heterocycles. The fourth-order valence-corrected chi connectivity index (χ4v) is 3.11. The molecule has 0 N–H and O–H groups in total. The largest absolute Gasteiger partial charge is 0.352 e. The lowest BCUT2D eigenvalue weighted by Gasteiger charge is -2.35. The minimum atomic E-state index is 0.0307. The number of hydrogen-bond donors (Lipinski definition) is 0. The minimum absolute atomic E-state index is 0.0307. The van der Waals surface area contributed by atoms with Crippen molar-refractivity contribution in [1.29, 1.82) is 0 Å². The number of rotatable bonds is 4. The summed E-state index contributed by atoms with van der Waals surface area (Å²) >= 11 is 0. The molecule has 0 radical (unpaired) electrons. The third-order valence-corrected chi connectivity index (χ3v) is 4.51. The van der Waals surface area contributed by atoms with E-state index in [1.165, 1.54) is 0 Å². The average molecular weight is 348 g/mol. The van der Waals surface area contributed by atoms with Gasteiger partial charge in [-0.1, -0.05) is 30.3 Å². The molecule has 2 aromatic heterocycles. The zero-order valence-electron chi connectivity index (χ0n) is 14.4. The van der Waals surface area contributed by atoms with E-state index in [9.17, 15) is 4.79 Å². The van der Waals surface area contributed by atoms with Crippen molar-refractivity contribution < 1.29 is 4.79 Å². The van der Waals surface area contributed by atoms with Crippen LogP contribution in [0.15, 0.2) is 61.3 Å². The van der Waals surface area contributed by atoms with E-state index in [2.05, 4.69) is 32.1 Å². The molecular formula is C19H20N6O. The van der Waals surface area contributed by atoms with Crippen LogP contribution in [-0.2, 0) is 6.54 Å². The van der Waals surface area contributed by atoms with E-state index >= 15 is 0 Å². The quantitative estimate of drug-likeness (QED) is 0.718. The molecule has 1 aliphatic rings. The van der Waals surface area contributed by atoms with E-state index in [0.717, 1.165) is 24.5 Å². The van der Waals surface area contributed by atoms with Gasteiger partial charge in [0.2, 0.25) is 0 Å². The molecule has 1 aliphatic heterocycles. The Morgan fingerprint density at radius 1 is 1.00 bits per heavy atom. The lowest BCUT2D eigenvalue weighted by molar-refractivity contribution is 0.0746. The van der Waals surface area contributed by atoms with E-state index in [1.54, 1.807) is 29.5 Å². The van der Waals surface area contributed by atoms with Crippen molar-refractivity contribution >= 4 is 11.7 Å². The summed E-state index contributed by atoms with van der Waals surface area (Å²) in [6.07, 6.45) is 8.58. The van der Waals surface area contributed by atoms with Crippen molar-refractivity contribution in [3.05, 3.63) is 72.4 Å². The van der Waals surface area contributed by atoms with Gasteiger partial charge in [-0.3, -0.25) is 14.5 Å². The van der Waals surface area contributed by atoms with Crippen molar-refractivity contribution in [3.63, 3.8) is 0 Å². The van der Waals surface area contributed by atoms with Crippen molar-refractivity contribution in [3.8, 4) is 0 Å². The molecule has 0 bridgehead atoms. The molecule has 7 heteroatoms. The Morgan fingerprint density at radius 3 is 2.54 bits per heavy atom. The van der Waals surface area contributed by atoms with Crippen LogP contribution >= 0.6 is 0 Å². The lowest BCUT2D eigenvalue weighted by Crippen LogP contribution is -2.49. The molecular weight excluding hydrogens is 328 g/mol. The highest BCUT2D eigenvalue weighted by Gasteiger charge is 2.23. The van der Waals surface area contributed by atoms with Crippen molar-refractivity contribution in [1.82, 2.24) is 24.6 Å². The number of carbonyl (C=O) groups is 1. The molecule has 3 heterocycles. The van der Waals surface area contributed by atoms with Crippen molar-refractivity contribution in [2.24, 2.45) is 0 Å². The Hall–Kier alpha value is -3.22. The van der Waals surface area contributed by atoms with Crippen LogP contribution < -0.4 is 4.90 Å². The second-order valence-corrected chi connectivity index (χ2v) is 6.26. The van der Waals surface area contributed by atoms with Gasteiger partial charge in [-0.25, -0.2) is 4.98 Å². The van der Waals surface area contributed by atoms with Gasteiger partial charge in [-0.05, 0) is 5.56 Å². The van der Waals surface area contributed by atoms with Crippen molar-refractivity contribution in [2.75, 3.05) is 31.1 Å². The normalized spacial score (nSPS) is 14.5. The molecule has 0 spiro atoms. The molecule has 0 saturated carbocycles. The van der Waals surface area contributed by atoms with E-state index < -0.39 is 0 Å². The Kier molecular flexibility index (Phi) is 4.59. The molecule has 4 rings (SSSR count). The predicted molar refractivity (Wildman–Crippen MR) is 97.9 cm³/mol.